The Morgan fingerprint density at radius 2 is 1.83 bits per heavy atom. The zero-order valence-corrected chi connectivity index (χ0v) is 16.9. The first kappa shape index (κ1) is 20.3. The molecule has 3 aromatic rings. The van der Waals surface area contributed by atoms with Crippen LogP contribution in [-0.4, -0.2) is 40.4 Å². The van der Waals surface area contributed by atoms with E-state index in [1.165, 1.54) is 13.3 Å². The maximum atomic E-state index is 12.3. The van der Waals surface area contributed by atoms with E-state index in [1.807, 2.05) is 42.5 Å². The third-order valence-corrected chi connectivity index (χ3v) is 5.39. The molecule has 0 unspecified atom stereocenters. The highest BCUT2D eigenvalue weighted by molar-refractivity contribution is 7.92. The van der Waals surface area contributed by atoms with Gasteiger partial charge in [0, 0.05) is 11.6 Å². The van der Waals surface area contributed by atoms with E-state index in [1.54, 1.807) is 24.3 Å². The van der Waals surface area contributed by atoms with E-state index < -0.39 is 22.5 Å². The first-order valence-electron chi connectivity index (χ1n) is 8.80. The third-order valence-electron chi connectivity index (χ3n) is 4.25. The summed E-state index contributed by atoms with van der Waals surface area (Å²) in [5.41, 5.74) is 3.57. The summed E-state index contributed by atoms with van der Waals surface area (Å²) in [4.78, 5) is 12.3. The fourth-order valence-electron chi connectivity index (χ4n) is 2.87. The Balaban J connectivity index is 1.74. The van der Waals surface area contributed by atoms with Gasteiger partial charge in [-0.2, -0.15) is 5.10 Å². The number of fused-ring (bicyclic) bond motifs is 1. The van der Waals surface area contributed by atoms with Crippen molar-refractivity contribution in [3.63, 3.8) is 0 Å². The zero-order valence-electron chi connectivity index (χ0n) is 16.1. The Hall–Kier alpha value is -3.39. The molecule has 1 N–H and O–H groups in total. The number of ether oxygens (including phenoxy) is 1. The molecule has 0 bridgehead atoms. The lowest BCUT2D eigenvalue weighted by Crippen LogP contribution is -2.39. The van der Waals surface area contributed by atoms with Crippen molar-refractivity contribution in [2.24, 2.45) is 5.10 Å². The normalized spacial score (nSPS) is 11.5. The van der Waals surface area contributed by atoms with Crippen LogP contribution in [0.1, 0.15) is 5.56 Å². The van der Waals surface area contributed by atoms with Gasteiger partial charge in [-0.15, -0.1) is 0 Å². The van der Waals surface area contributed by atoms with Crippen molar-refractivity contribution in [1.29, 1.82) is 0 Å². The van der Waals surface area contributed by atoms with Gasteiger partial charge in [-0.25, -0.2) is 13.8 Å². The number of carbonyl (C=O) groups excluding carboxylic acids is 1. The van der Waals surface area contributed by atoms with E-state index in [9.17, 15) is 13.2 Å². The number of amides is 1. The van der Waals surface area contributed by atoms with E-state index in [2.05, 4.69) is 10.5 Å². The number of hydrazone groups is 1. The molecule has 0 saturated carbocycles. The van der Waals surface area contributed by atoms with Gasteiger partial charge >= 0.3 is 0 Å². The van der Waals surface area contributed by atoms with Gasteiger partial charge in [-0.1, -0.05) is 48.5 Å². The summed E-state index contributed by atoms with van der Waals surface area (Å²) in [6, 6.07) is 20.1. The number of nitrogens with zero attached hydrogens (tertiary/aromatic N) is 2. The molecule has 1 amide bonds. The molecule has 150 valence electrons. The number of hydrogen-bond acceptors (Lipinski definition) is 5. The highest BCUT2D eigenvalue weighted by Gasteiger charge is 2.21. The first-order chi connectivity index (χ1) is 13.9. The van der Waals surface area contributed by atoms with E-state index in [0.717, 1.165) is 26.9 Å². The molecule has 8 heteroatoms. The number of hydrogen-bond donors (Lipinski definition) is 1. The maximum absolute atomic E-state index is 12.3. The fraction of sp³-hybridized carbons (Fsp3) is 0.143. The topological polar surface area (TPSA) is 88.1 Å². The second-order valence-electron chi connectivity index (χ2n) is 6.33. The van der Waals surface area contributed by atoms with Crippen LogP contribution in [0.3, 0.4) is 0 Å². The molecule has 0 aliphatic rings. The van der Waals surface area contributed by atoms with Crippen LogP contribution in [0, 0.1) is 0 Å². The van der Waals surface area contributed by atoms with Crippen molar-refractivity contribution in [2.45, 2.75) is 0 Å². The summed E-state index contributed by atoms with van der Waals surface area (Å²) < 4.78 is 30.5. The van der Waals surface area contributed by atoms with Crippen molar-refractivity contribution in [3.05, 3.63) is 72.3 Å². The van der Waals surface area contributed by atoms with E-state index in [0.29, 0.717) is 11.4 Å². The summed E-state index contributed by atoms with van der Waals surface area (Å²) in [6.07, 6.45) is 2.58. The number of sulfonamides is 1. The van der Waals surface area contributed by atoms with Gasteiger partial charge in [-0.3, -0.25) is 9.10 Å². The van der Waals surface area contributed by atoms with Crippen LogP contribution in [0.2, 0.25) is 0 Å². The second-order valence-corrected chi connectivity index (χ2v) is 8.24. The summed E-state index contributed by atoms with van der Waals surface area (Å²) in [7, 11) is -2.19. The number of methoxy groups -OCH3 is 1. The summed E-state index contributed by atoms with van der Waals surface area (Å²) in [5, 5.41) is 6.04. The average molecular weight is 411 g/mol. The number of carbonyl (C=O) groups is 1. The molecule has 0 aliphatic carbocycles. The molecule has 3 rings (SSSR count). The molecular formula is C21H21N3O4S. The van der Waals surface area contributed by atoms with Crippen molar-refractivity contribution in [2.75, 3.05) is 24.2 Å². The van der Waals surface area contributed by atoms with E-state index in [-0.39, 0.29) is 0 Å². The minimum Gasteiger partial charge on any atom is -0.497 e. The van der Waals surface area contributed by atoms with Gasteiger partial charge in [-0.05, 0) is 22.9 Å². The summed E-state index contributed by atoms with van der Waals surface area (Å²) in [6.45, 7) is -0.404. The molecule has 29 heavy (non-hydrogen) atoms. The second kappa shape index (κ2) is 8.74. The maximum Gasteiger partial charge on any atom is 0.260 e. The molecule has 7 nitrogen and oxygen atoms in total. The Kier molecular flexibility index (Phi) is 6.13. The number of rotatable bonds is 7. The molecule has 0 fully saturated rings. The molecule has 0 atom stereocenters. The molecule has 0 radical (unpaired) electrons. The SMILES string of the molecule is COc1cccc(N(CC(=O)N/N=C\c2cccc3ccccc23)S(C)(=O)=O)c1. The Labute approximate surface area is 169 Å². The van der Waals surface area contributed by atoms with Crippen molar-refractivity contribution in [1.82, 2.24) is 5.43 Å². The lowest BCUT2D eigenvalue weighted by Gasteiger charge is -2.21. The summed E-state index contributed by atoms with van der Waals surface area (Å²) in [5.74, 6) is -0.0692. The lowest BCUT2D eigenvalue weighted by atomic mass is 10.1. The smallest absolute Gasteiger partial charge is 0.260 e. The van der Waals surface area contributed by atoms with Crippen molar-refractivity contribution >= 4 is 38.6 Å². The third kappa shape index (κ3) is 5.11. The molecular weight excluding hydrogens is 390 g/mol. The Morgan fingerprint density at radius 1 is 1.10 bits per heavy atom. The van der Waals surface area contributed by atoms with Crippen molar-refractivity contribution < 1.29 is 17.9 Å². The quantitative estimate of drug-likeness (QED) is 0.478. The molecule has 0 spiro atoms. The zero-order chi connectivity index (χ0) is 20.9. The molecule has 0 aliphatic heterocycles. The van der Waals surface area contributed by atoms with Gasteiger partial charge in [0.15, 0.2) is 0 Å². The van der Waals surface area contributed by atoms with Gasteiger partial charge in [0.2, 0.25) is 10.0 Å². The minimum absolute atomic E-state index is 0.333. The standard InChI is InChI=1S/C21H21N3O4S/c1-28-19-11-6-10-18(13-19)24(29(2,26)27)15-21(25)23-22-14-17-9-5-8-16-7-3-4-12-20(16)17/h3-14H,15H2,1-2H3,(H,23,25)/b22-14-. The van der Waals surface area contributed by atoms with Crippen LogP contribution in [0.15, 0.2) is 71.8 Å². The largest absolute Gasteiger partial charge is 0.497 e. The van der Waals surface area contributed by atoms with Gasteiger partial charge < -0.3 is 4.74 Å². The van der Waals surface area contributed by atoms with Crippen LogP contribution in [0.25, 0.3) is 10.8 Å². The van der Waals surface area contributed by atoms with Crippen molar-refractivity contribution in [3.8, 4) is 5.75 Å². The van der Waals surface area contributed by atoms with Crippen LogP contribution in [-0.2, 0) is 14.8 Å². The molecule has 0 heterocycles. The highest BCUT2D eigenvalue weighted by atomic mass is 32.2. The number of anilines is 1. The van der Waals surface area contributed by atoms with Gasteiger partial charge in [0.1, 0.15) is 12.3 Å². The van der Waals surface area contributed by atoms with Crippen LogP contribution < -0.4 is 14.5 Å². The lowest BCUT2D eigenvalue weighted by molar-refractivity contribution is -0.119. The van der Waals surface area contributed by atoms with E-state index >= 15 is 0 Å². The summed E-state index contributed by atoms with van der Waals surface area (Å²) >= 11 is 0. The Bertz CT molecular complexity index is 1150. The molecule has 0 saturated heterocycles. The predicted molar refractivity (Wildman–Crippen MR) is 115 cm³/mol. The number of benzene rings is 3. The molecule has 0 aromatic heterocycles. The monoisotopic (exact) mass is 411 g/mol. The number of nitrogens with one attached hydrogen (secondary N) is 1. The minimum atomic E-state index is -3.68. The van der Waals surface area contributed by atoms with Crippen LogP contribution >= 0.6 is 0 Å². The van der Waals surface area contributed by atoms with Crippen LogP contribution in [0.5, 0.6) is 5.75 Å². The highest BCUT2D eigenvalue weighted by Crippen LogP contribution is 2.22. The fourth-order valence-corrected chi connectivity index (χ4v) is 3.72. The van der Waals surface area contributed by atoms with Gasteiger partial charge in [0.05, 0.1) is 25.3 Å². The van der Waals surface area contributed by atoms with Crippen LogP contribution in [0.4, 0.5) is 5.69 Å². The molecule has 3 aromatic carbocycles. The Morgan fingerprint density at radius 3 is 2.59 bits per heavy atom. The average Bonchev–Trinajstić information content (AvgIpc) is 2.71. The predicted octanol–water partition coefficient (Wildman–Crippen LogP) is 2.76. The van der Waals surface area contributed by atoms with Gasteiger partial charge in [0.25, 0.3) is 5.91 Å². The van der Waals surface area contributed by atoms with E-state index in [4.69, 9.17) is 4.74 Å². The first-order valence-corrected chi connectivity index (χ1v) is 10.6.